The molecular weight excluding hydrogens is 388 g/mol. The molecule has 4 rings (SSSR count). The summed E-state index contributed by atoms with van der Waals surface area (Å²) in [4.78, 5) is 13.0. The van der Waals surface area contributed by atoms with Crippen LogP contribution in [0.5, 0.6) is 23.0 Å². The lowest BCUT2D eigenvalue weighted by Gasteiger charge is -2.25. The van der Waals surface area contributed by atoms with Crippen LogP contribution in [-0.4, -0.2) is 46.1 Å². The number of rotatable bonds is 8. The summed E-state index contributed by atoms with van der Waals surface area (Å²) in [5.74, 6) is 2.11. The molecule has 0 aliphatic carbocycles. The lowest BCUT2D eigenvalue weighted by atomic mass is 10.0. The van der Waals surface area contributed by atoms with Crippen molar-refractivity contribution in [2.45, 2.75) is 37.8 Å². The second-order valence-corrected chi connectivity index (χ2v) is 7.20. The minimum atomic E-state index is -0.593. The molecule has 0 amide bonds. The number of methoxy groups -OCH3 is 3. The van der Waals surface area contributed by atoms with Gasteiger partial charge in [0.1, 0.15) is 6.10 Å². The highest BCUT2D eigenvalue weighted by atomic mass is 16.7. The van der Waals surface area contributed by atoms with Crippen molar-refractivity contribution in [2.75, 3.05) is 27.9 Å². The fourth-order valence-corrected chi connectivity index (χ4v) is 3.68. The Labute approximate surface area is 175 Å². The maximum absolute atomic E-state index is 13.0. The van der Waals surface area contributed by atoms with Crippen molar-refractivity contribution in [1.82, 2.24) is 0 Å². The van der Waals surface area contributed by atoms with Crippen LogP contribution < -0.4 is 18.9 Å². The van der Waals surface area contributed by atoms with Gasteiger partial charge >= 0.3 is 0 Å². The molecule has 30 heavy (non-hydrogen) atoms. The van der Waals surface area contributed by atoms with Crippen LogP contribution in [0.1, 0.15) is 41.3 Å². The SMILES string of the molecule is COc1ccc(C(=O)C2OC2c2cccc(OC)c2OC2CCCCO2)cc1OC. The quantitative estimate of drug-likeness (QED) is 0.478. The summed E-state index contributed by atoms with van der Waals surface area (Å²) in [7, 11) is 4.68. The summed E-state index contributed by atoms with van der Waals surface area (Å²) in [5.41, 5.74) is 1.28. The van der Waals surface area contributed by atoms with E-state index < -0.39 is 12.2 Å². The van der Waals surface area contributed by atoms with E-state index in [0.717, 1.165) is 24.8 Å². The lowest BCUT2D eigenvalue weighted by molar-refractivity contribution is -0.107. The molecule has 0 saturated carbocycles. The van der Waals surface area contributed by atoms with Gasteiger partial charge in [0.25, 0.3) is 0 Å². The van der Waals surface area contributed by atoms with E-state index in [-0.39, 0.29) is 12.1 Å². The van der Waals surface area contributed by atoms with E-state index in [9.17, 15) is 4.79 Å². The average Bonchev–Trinajstić information content (AvgIpc) is 3.59. The average molecular weight is 414 g/mol. The largest absolute Gasteiger partial charge is 0.493 e. The van der Waals surface area contributed by atoms with Crippen molar-refractivity contribution in [1.29, 1.82) is 0 Å². The van der Waals surface area contributed by atoms with Crippen LogP contribution in [0.2, 0.25) is 0 Å². The monoisotopic (exact) mass is 414 g/mol. The number of para-hydroxylation sites is 1. The Morgan fingerprint density at radius 3 is 2.47 bits per heavy atom. The number of ether oxygens (including phenoxy) is 6. The van der Waals surface area contributed by atoms with Gasteiger partial charge in [0.2, 0.25) is 0 Å². The molecule has 7 nitrogen and oxygen atoms in total. The summed E-state index contributed by atoms with van der Waals surface area (Å²) in [6, 6.07) is 10.7. The predicted octanol–water partition coefficient (Wildman–Crippen LogP) is 3.94. The first-order valence-corrected chi connectivity index (χ1v) is 10.0. The zero-order chi connectivity index (χ0) is 21.1. The van der Waals surface area contributed by atoms with Gasteiger partial charge in [-0.2, -0.15) is 0 Å². The van der Waals surface area contributed by atoms with Crippen molar-refractivity contribution in [2.24, 2.45) is 0 Å². The Balaban J connectivity index is 1.55. The maximum Gasteiger partial charge on any atom is 0.200 e. The summed E-state index contributed by atoms with van der Waals surface area (Å²) in [6.45, 7) is 0.676. The van der Waals surface area contributed by atoms with Gasteiger partial charge in [-0.3, -0.25) is 4.79 Å². The van der Waals surface area contributed by atoms with Gasteiger partial charge in [-0.1, -0.05) is 12.1 Å². The first-order valence-electron chi connectivity index (χ1n) is 10.0. The number of benzene rings is 2. The fourth-order valence-electron chi connectivity index (χ4n) is 3.68. The Kier molecular flexibility index (Phi) is 6.11. The van der Waals surface area contributed by atoms with Crippen LogP contribution in [0.15, 0.2) is 36.4 Å². The molecule has 2 aliphatic rings. The zero-order valence-electron chi connectivity index (χ0n) is 17.4. The highest BCUT2D eigenvalue weighted by Gasteiger charge is 2.48. The number of ketones is 1. The molecule has 2 aromatic rings. The van der Waals surface area contributed by atoms with Gasteiger partial charge in [0, 0.05) is 17.5 Å². The van der Waals surface area contributed by atoms with Crippen molar-refractivity contribution in [3.8, 4) is 23.0 Å². The number of carbonyl (C=O) groups excluding carboxylic acids is 1. The Morgan fingerprint density at radius 1 is 0.967 bits per heavy atom. The molecule has 7 heteroatoms. The topological polar surface area (TPSA) is 75.8 Å². The molecule has 0 spiro atoms. The molecule has 0 N–H and O–H groups in total. The standard InChI is InChI=1S/C23H26O7/c1-25-16-11-10-14(13-18(16)27-3)20(24)23-22(30-23)15-7-6-8-17(26-2)21(15)29-19-9-4-5-12-28-19/h6-8,10-11,13,19,22-23H,4-5,9,12H2,1-3H3. The molecule has 3 atom stereocenters. The van der Waals surface area contributed by atoms with E-state index in [1.807, 2.05) is 18.2 Å². The molecule has 0 bridgehead atoms. The van der Waals surface area contributed by atoms with Crippen LogP contribution in [0.4, 0.5) is 0 Å². The highest BCUT2D eigenvalue weighted by molar-refractivity contribution is 6.02. The molecule has 0 aromatic heterocycles. The summed E-state index contributed by atoms with van der Waals surface area (Å²) < 4.78 is 33.7. The number of hydrogen-bond donors (Lipinski definition) is 0. The number of carbonyl (C=O) groups is 1. The van der Waals surface area contributed by atoms with Crippen molar-refractivity contribution in [3.63, 3.8) is 0 Å². The normalized spacial score (nSPS) is 22.8. The van der Waals surface area contributed by atoms with Gasteiger partial charge in [0.15, 0.2) is 41.2 Å². The second kappa shape index (κ2) is 8.93. The molecule has 0 radical (unpaired) electrons. The van der Waals surface area contributed by atoms with Crippen LogP contribution in [0.3, 0.4) is 0 Å². The van der Waals surface area contributed by atoms with Gasteiger partial charge in [-0.25, -0.2) is 0 Å². The van der Waals surface area contributed by atoms with Gasteiger partial charge in [0.05, 0.1) is 27.9 Å². The third-order valence-corrected chi connectivity index (χ3v) is 5.34. The number of epoxide rings is 1. The molecule has 2 saturated heterocycles. The number of Topliss-reactive ketones (excluding diaryl/α,β-unsaturated/α-hetero) is 1. The minimum Gasteiger partial charge on any atom is -0.493 e. The summed E-state index contributed by atoms with van der Waals surface area (Å²) in [5, 5.41) is 0. The summed E-state index contributed by atoms with van der Waals surface area (Å²) >= 11 is 0. The summed E-state index contributed by atoms with van der Waals surface area (Å²) in [6.07, 6.45) is 1.58. The van der Waals surface area contributed by atoms with Gasteiger partial charge in [-0.05, 0) is 37.1 Å². The van der Waals surface area contributed by atoms with E-state index in [0.29, 0.717) is 35.2 Å². The Morgan fingerprint density at radius 2 is 1.77 bits per heavy atom. The van der Waals surface area contributed by atoms with Crippen molar-refractivity contribution in [3.05, 3.63) is 47.5 Å². The van der Waals surface area contributed by atoms with E-state index >= 15 is 0 Å². The molecular formula is C23H26O7. The van der Waals surface area contributed by atoms with Crippen LogP contribution >= 0.6 is 0 Å². The number of hydrogen-bond acceptors (Lipinski definition) is 7. The first-order chi connectivity index (χ1) is 14.7. The molecule has 3 unspecified atom stereocenters. The Hall–Kier alpha value is -2.77. The first kappa shape index (κ1) is 20.5. The smallest absolute Gasteiger partial charge is 0.200 e. The second-order valence-electron chi connectivity index (χ2n) is 7.20. The highest BCUT2D eigenvalue weighted by Crippen LogP contribution is 2.48. The van der Waals surface area contributed by atoms with Crippen molar-refractivity contribution >= 4 is 5.78 Å². The van der Waals surface area contributed by atoms with Gasteiger partial charge < -0.3 is 28.4 Å². The zero-order valence-corrected chi connectivity index (χ0v) is 17.4. The maximum atomic E-state index is 13.0. The van der Waals surface area contributed by atoms with Crippen LogP contribution in [0.25, 0.3) is 0 Å². The van der Waals surface area contributed by atoms with Gasteiger partial charge in [-0.15, -0.1) is 0 Å². The molecule has 2 fully saturated rings. The van der Waals surface area contributed by atoms with Crippen LogP contribution in [-0.2, 0) is 9.47 Å². The lowest BCUT2D eigenvalue weighted by Crippen LogP contribution is -2.25. The molecule has 160 valence electrons. The molecule has 2 aromatic carbocycles. The third-order valence-electron chi connectivity index (χ3n) is 5.34. The molecule has 2 heterocycles. The fraction of sp³-hybridized carbons (Fsp3) is 0.435. The van der Waals surface area contributed by atoms with Crippen LogP contribution in [0, 0.1) is 0 Å². The minimum absolute atomic E-state index is 0.122. The van der Waals surface area contributed by atoms with E-state index in [1.165, 1.54) is 7.11 Å². The third kappa shape index (κ3) is 4.08. The Bertz CT molecular complexity index is 904. The van der Waals surface area contributed by atoms with E-state index in [2.05, 4.69) is 0 Å². The predicted molar refractivity (Wildman–Crippen MR) is 109 cm³/mol. The van der Waals surface area contributed by atoms with Crippen molar-refractivity contribution < 1.29 is 33.2 Å². The molecule has 2 aliphatic heterocycles. The van der Waals surface area contributed by atoms with E-state index in [4.69, 9.17) is 28.4 Å². The van der Waals surface area contributed by atoms with E-state index in [1.54, 1.807) is 32.4 Å².